The van der Waals surface area contributed by atoms with Gasteiger partial charge in [-0.05, 0) is 38.5 Å². The summed E-state index contributed by atoms with van der Waals surface area (Å²) in [6, 6.07) is 15.5. The van der Waals surface area contributed by atoms with Gasteiger partial charge in [-0.3, -0.25) is 0 Å². The van der Waals surface area contributed by atoms with E-state index in [1.165, 1.54) is 0 Å². The van der Waals surface area contributed by atoms with Crippen LogP contribution in [0.15, 0.2) is 48.5 Å². The lowest BCUT2D eigenvalue weighted by molar-refractivity contribution is -0.185. The van der Waals surface area contributed by atoms with Crippen molar-refractivity contribution in [3.63, 3.8) is 0 Å². The predicted octanol–water partition coefficient (Wildman–Crippen LogP) is 5.62. The first-order valence-electron chi connectivity index (χ1n) is 8.73. The molecule has 1 heterocycles. The Morgan fingerprint density at radius 3 is 2.50 bits per heavy atom. The van der Waals surface area contributed by atoms with Crippen molar-refractivity contribution in [2.24, 2.45) is 0 Å². The SMILES string of the molecule is CC(C)(C)OCC1COC(Cc2ccccc2)(c2ccc(Cl)cc2Cl)O1. The topological polar surface area (TPSA) is 27.7 Å². The number of hydrogen-bond donors (Lipinski definition) is 0. The largest absolute Gasteiger partial charge is 0.373 e. The predicted molar refractivity (Wildman–Crippen MR) is 105 cm³/mol. The summed E-state index contributed by atoms with van der Waals surface area (Å²) in [5, 5.41) is 1.12. The van der Waals surface area contributed by atoms with Crippen molar-refractivity contribution in [2.75, 3.05) is 13.2 Å². The van der Waals surface area contributed by atoms with E-state index in [4.69, 9.17) is 37.4 Å². The van der Waals surface area contributed by atoms with Gasteiger partial charge in [-0.1, -0.05) is 59.6 Å². The maximum absolute atomic E-state index is 6.49. The van der Waals surface area contributed by atoms with Gasteiger partial charge < -0.3 is 14.2 Å². The Morgan fingerprint density at radius 1 is 1.12 bits per heavy atom. The van der Waals surface area contributed by atoms with Crippen LogP contribution in [0.5, 0.6) is 0 Å². The van der Waals surface area contributed by atoms with Gasteiger partial charge in [0.05, 0.1) is 23.8 Å². The van der Waals surface area contributed by atoms with Gasteiger partial charge in [-0.15, -0.1) is 0 Å². The van der Waals surface area contributed by atoms with Gasteiger partial charge >= 0.3 is 0 Å². The van der Waals surface area contributed by atoms with Crippen LogP contribution in [0, 0.1) is 0 Å². The molecule has 3 rings (SSSR count). The molecule has 2 unspecified atom stereocenters. The fraction of sp³-hybridized carbons (Fsp3) is 0.429. The zero-order chi connectivity index (χ0) is 18.8. The first kappa shape index (κ1) is 19.7. The second-order valence-corrected chi connectivity index (χ2v) is 8.36. The Morgan fingerprint density at radius 2 is 1.85 bits per heavy atom. The van der Waals surface area contributed by atoms with Gasteiger partial charge in [0.1, 0.15) is 6.10 Å². The highest BCUT2D eigenvalue weighted by Gasteiger charge is 2.45. The Hall–Kier alpha value is -1.10. The van der Waals surface area contributed by atoms with E-state index in [1.54, 1.807) is 12.1 Å². The van der Waals surface area contributed by atoms with Gasteiger partial charge in [-0.2, -0.15) is 0 Å². The van der Waals surface area contributed by atoms with E-state index in [2.05, 4.69) is 12.1 Å². The van der Waals surface area contributed by atoms with Crippen molar-refractivity contribution in [1.29, 1.82) is 0 Å². The molecule has 0 spiro atoms. The van der Waals surface area contributed by atoms with Crippen LogP contribution in [0.3, 0.4) is 0 Å². The van der Waals surface area contributed by atoms with Crippen LogP contribution < -0.4 is 0 Å². The lowest BCUT2D eigenvalue weighted by atomic mass is 9.97. The second kappa shape index (κ2) is 7.87. The summed E-state index contributed by atoms with van der Waals surface area (Å²) in [7, 11) is 0. The molecule has 26 heavy (non-hydrogen) atoms. The molecule has 3 nitrogen and oxygen atoms in total. The van der Waals surface area contributed by atoms with Crippen molar-refractivity contribution in [1.82, 2.24) is 0 Å². The highest BCUT2D eigenvalue weighted by molar-refractivity contribution is 6.35. The molecule has 0 amide bonds. The first-order chi connectivity index (χ1) is 12.3. The maximum atomic E-state index is 6.49. The molecule has 5 heteroatoms. The standard InChI is InChI=1S/C21H24Cl2O3/c1-20(2,3)24-13-17-14-25-21(26-17,12-15-7-5-4-6-8-15)18-10-9-16(22)11-19(18)23/h4-11,17H,12-14H2,1-3H3. The quantitative estimate of drug-likeness (QED) is 0.658. The van der Waals surface area contributed by atoms with E-state index in [0.717, 1.165) is 11.1 Å². The van der Waals surface area contributed by atoms with E-state index < -0.39 is 5.79 Å². The molecule has 2 atom stereocenters. The van der Waals surface area contributed by atoms with Gasteiger partial charge in [0, 0.05) is 17.0 Å². The minimum atomic E-state index is -0.949. The molecule has 1 saturated heterocycles. The zero-order valence-electron chi connectivity index (χ0n) is 15.3. The first-order valence-corrected chi connectivity index (χ1v) is 9.48. The van der Waals surface area contributed by atoms with Gasteiger partial charge in [0.15, 0.2) is 0 Å². The minimum absolute atomic E-state index is 0.162. The molecule has 2 aromatic rings. The summed E-state index contributed by atoms with van der Waals surface area (Å²) < 4.78 is 18.5. The molecule has 0 radical (unpaired) electrons. The van der Waals surface area contributed by atoms with Crippen LogP contribution in [0.4, 0.5) is 0 Å². The summed E-state index contributed by atoms with van der Waals surface area (Å²) in [5.41, 5.74) is 1.66. The van der Waals surface area contributed by atoms with Crippen LogP contribution in [0.1, 0.15) is 31.9 Å². The Labute approximate surface area is 165 Å². The molecule has 0 aromatic heterocycles. The number of ether oxygens (including phenoxy) is 3. The van der Waals surface area contributed by atoms with Crippen molar-refractivity contribution < 1.29 is 14.2 Å². The van der Waals surface area contributed by atoms with Gasteiger partial charge in [-0.25, -0.2) is 0 Å². The molecular weight excluding hydrogens is 371 g/mol. The highest BCUT2D eigenvalue weighted by atomic mass is 35.5. The Bertz CT molecular complexity index is 743. The van der Waals surface area contributed by atoms with Crippen LogP contribution in [0.2, 0.25) is 10.0 Å². The average Bonchev–Trinajstić information content (AvgIpc) is 2.97. The minimum Gasteiger partial charge on any atom is -0.373 e. The molecule has 0 bridgehead atoms. The van der Waals surface area contributed by atoms with E-state index >= 15 is 0 Å². The van der Waals surface area contributed by atoms with Gasteiger partial charge in [0.25, 0.3) is 0 Å². The third-order valence-electron chi connectivity index (χ3n) is 4.18. The average molecular weight is 395 g/mol. The van der Waals surface area contributed by atoms with Crippen LogP contribution >= 0.6 is 23.2 Å². The number of hydrogen-bond acceptors (Lipinski definition) is 3. The Balaban J connectivity index is 1.88. The molecule has 2 aromatic carbocycles. The van der Waals surface area contributed by atoms with E-state index in [0.29, 0.717) is 29.7 Å². The summed E-state index contributed by atoms with van der Waals surface area (Å²) >= 11 is 12.6. The van der Waals surface area contributed by atoms with Crippen LogP contribution in [0.25, 0.3) is 0 Å². The van der Waals surface area contributed by atoms with Crippen LogP contribution in [-0.4, -0.2) is 24.9 Å². The highest BCUT2D eigenvalue weighted by Crippen LogP contribution is 2.41. The monoisotopic (exact) mass is 394 g/mol. The number of rotatable bonds is 5. The smallest absolute Gasteiger partial charge is 0.200 e. The number of benzene rings is 2. The lowest BCUT2D eigenvalue weighted by Crippen LogP contribution is -2.33. The van der Waals surface area contributed by atoms with Crippen molar-refractivity contribution in [2.45, 2.75) is 44.7 Å². The lowest BCUT2D eigenvalue weighted by Gasteiger charge is -2.30. The molecular formula is C21H24Cl2O3. The summed E-state index contributed by atoms with van der Waals surface area (Å²) in [6.45, 7) is 6.98. The van der Waals surface area contributed by atoms with E-state index in [1.807, 2.05) is 45.0 Å². The fourth-order valence-electron chi connectivity index (χ4n) is 2.98. The zero-order valence-corrected chi connectivity index (χ0v) is 16.8. The van der Waals surface area contributed by atoms with Crippen molar-refractivity contribution in [3.8, 4) is 0 Å². The Kier molecular flexibility index (Phi) is 5.95. The van der Waals surface area contributed by atoms with Crippen molar-refractivity contribution in [3.05, 3.63) is 69.7 Å². The molecule has 140 valence electrons. The second-order valence-electron chi connectivity index (χ2n) is 7.51. The van der Waals surface area contributed by atoms with Gasteiger partial charge in [0.2, 0.25) is 5.79 Å². The molecule has 0 aliphatic carbocycles. The third kappa shape index (κ3) is 4.79. The van der Waals surface area contributed by atoms with Crippen LogP contribution in [-0.2, 0) is 26.4 Å². The number of halogens is 2. The molecule has 1 aliphatic heterocycles. The fourth-order valence-corrected chi connectivity index (χ4v) is 3.53. The molecule has 1 aliphatic rings. The van der Waals surface area contributed by atoms with Crippen molar-refractivity contribution >= 4 is 23.2 Å². The van der Waals surface area contributed by atoms with E-state index in [-0.39, 0.29) is 11.7 Å². The molecule has 1 fully saturated rings. The summed E-state index contributed by atoms with van der Waals surface area (Å²) in [5.74, 6) is -0.949. The third-order valence-corrected chi connectivity index (χ3v) is 4.73. The van der Waals surface area contributed by atoms with E-state index in [9.17, 15) is 0 Å². The molecule has 0 N–H and O–H groups in total. The summed E-state index contributed by atoms with van der Waals surface area (Å²) in [4.78, 5) is 0. The normalized spacial score (nSPS) is 23.3. The summed E-state index contributed by atoms with van der Waals surface area (Å²) in [6.07, 6.45) is 0.394. The molecule has 0 saturated carbocycles. The maximum Gasteiger partial charge on any atom is 0.200 e.